The average Bonchev–Trinajstić information content (AvgIpc) is 3.30. The molecule has 0 spiro atoms. The predicted octanol–water partition coefficient (Wildman–Crippen LogP) is 3.11. The molecule has 0 bridgehead atoms. The number of likely N-dealkylation sites (tertiary alicyclic amines) is 1. The van der Waals surface area contributed by atoms with Crippen molar-refractivity contribution in [3.05, 3.63) is 35.7 Å². The molecule has 2 aromatic rings. The summed E-state index contributed by atoms with van der Waals surface area (Å²) < 4.78 is 5.36. The Balaban J connectivity index is 0.00000180. The van der Waals surface area contributed by atoms with Crippen molar-refractivity contribution in [2.75, 3.05) is 26.2 Å². The zero-order valence-corrected chi connectivity index (χ0v) is 16.1. The van der Waals surface area contributed by atoms with Crippen molar-refractivity contribution >= 4 is 18.3 Å². The van der Waals surface area contributed by atoms with Gasteiger partial charge < -0.3 is 14.7 Å². The summed E-state index contributed by atoms with van der Waals surface area (Å²) in [5.74, 6) is 3.30. The molecule has 0 unspecified atom stereocenters. The molecule has 7 heteroatoms. The fraction of sp³-hybridized carbons (Fsp3) is 0.550. The fourth-order valence-corrected chi connectivity index (χ4v) is 4.24. The van der Waals surface area contributed by atoms with Gasteiger partial charge in [0.1, 0.15) is 0 Å². The summed E-state index contributed by atoms with van der Waals surface area (Å²) >= 11 is 0. The van der Waals surface area contributed by atoms with E-state index in [1.54, 1.807) is 0 Å². The molecule has 144 valence electrons. The van der Waals surface area contributed by atoms with Crippen LogP contribution in [0.1, 0.15) is 47.8 Å². The average molecular weight is 389 g/mol. The van der Waals surface area contributed by atoms with E-state index in [4.69, 9.17) is 4.52 Å². The first-order chi connectivity index (χ1) is 12.8. The molecule has 6 nitrogen and oxygen atoms in total. The van der Waals surface area contributed by atoms with Gasteiger partial charge in [-0.25, -0.2) is 0 Å². The second kappa shape index (κ2) is 7.60. The molecular weight excluding hydrogens is 364 g/mol. The molecular formula is C20H25ClN4O2. The fourth-order valence-electron chi connectivity index (χ4n) is 4.24. The standard InChI is InChI=1S/C20H24N4O2.ClH/c25-20(24-8-6-16-11-21-12-17(16)7-9-24)15-3-1-2-14(10-15)18-22-19(26-23-18)13-4-5-13;/h1-3,10,13,16-17,21H,4-9,11-12H2;1H/t16-,17+;. The zero-order valence-electron chi connectivity index (χ0n) is 15.3. The van der Waals surface area contributed by atoms with Gasteiger partial charge in [0.15, 0.2) is 0 Å². The number of nitrogens with one attached hydrogen (secondary N) is 1. The zero-order chi connectivity index (χ0) is 17.5. The van der Waals surface area contributed by atoms with E-state index in [2.05, 4.69) is 15.5 Å². The summed E-state index contributed by atoms with van der Waals surface area (Å²) in [7, 11) is 0. The van der Waals surface area contributed by atoms with Gasteiger partial charge in [0.05, 0.1) is 0 Å². The number of hydrogen-bond donors (Lipinski definition) is 1. The van der Waals surface area contributed by atoms with Gasteiger partial charge >= 0.3 is 0 Å². The topological polar surface area (TPSA) is 71.3 Å². The van der Waals surface area contributed by atoms with Crippen LogP contribution < -0.4 is 5.32 Å². The first kappa shape index (κ1) is 18.4. The van der Waals surface area contributed by atoms with Gasteiger partial charge in [0, 0.05) is 30.1 Å². The van der Waals surface area contributed by atoms with Gasteiger partial charge in [0.2, 0.25) is 11.7 Å². The normalized spacial score (nSPS) is 24.8. The second-order valence-electron chi connectivity index (χ2n) is 7.86. The van der Waals surface area contributed by atoms with Gasteiger partial charge in [-0.3, -0.25) is 4.79 Å². The lowest BCUT2D eigenvalue weighted by molar-refractivity contribution is 0.0758. The Bertz CT molecular complexity index is 806. The largest absolute Gasteiger partial charge is 0.339 e. The number of fused-ring (bicyclic) bond motifs is 1. The maximum Gasteiger partial charge on any atom is 0.253 e. The Labute approximate surface area is 165 Å². The molecule has 3 aliphatic rings. The second-order valence-corrected chi connectivity index (χ2v) is 7.86. The Morgan fingerprint density at radius 1 is 1.11 bits per heavy atom. The predicted molar refractivity (Wildman–Crippen MR) is 104 cm³/mol. The summed E-state index contributed by atoms with van der Waals surface area (Å²) in [6.45, 7) is 3.90. The van der Waals surface area contributed by atoms with Crippen molar-refractivity contribution in [2.45, 2.75) is 31.6 Å². The minimum Gasteiger partial charge on any atom is -0.339 e. The third-order valence-electron chi connectivity index (χ3n) is 6.04. The SMILES string of the molecule is Cl.O=C(c1cccc(-c2noc(C3CC3)n2)c1)N1CC[C@@H]2CNC[C@@H]2CC1. The highest BCUT2D eigenvalue weighted by Crippen LogP contribution is 2.39. The van der Waals surface area contributed by atoms with Crippen LogP contribution in [0.25, 0.3) is 11.4 Å². The van der Waals surface area contributed by atoms with Crippen molar-refractivity contribution in [1.29, 1.82) is 0 Å². The van der Waals surface area contributed by atoms with E-state index in [-0.39, 0.29) is 18.3 Å². The molecule has 0 radical (unpaired) electrons. The highest BCUT2D eigenvalue weighted by atomic mass is 35.5. The van der Waals surface area contributed by atoms with Crippen molar-refractivity contribution in [2.24, 2.45) is 11.8 Å². The summed E-state index contributed by atoms with van der Waals surface area (Å²) in [6.07, 6.45) is 4.45. The molecule has 1 aromatic heterocycles. The summed E-state index contributed by atoms with van der Waals surface area (Å²) in [6, 6.07) is 7.64. The molecule has 1 amide bonds. The van der Waals surface area contributed by atoms with Crippen LogP contribution in [-0.4, -0.2) is 47.1 Å². The molecule has 3 fully saturated rings. The molecule has 2 aliphatic heterocycles. The molecule has 2 saturated heterocycles. The van der Waals surface area contributed by atoms with E-state index >= 15 is 0 Å². The molecule has 27 heavy (non-hydrogen) atoms. The Morgan fingerprint density at radius 3 is 2.56 bits per heavy atom. The number of carbonyl (C=O) groups is 1. The number of carbonyl (C=O) groups excluding carboxylic acids is 1. The van der Waals surface area contributed by atoms with Crippen LogP contribution in [0.15, 0.2) is 28.8 Å². The van der Waals surface area contributed by atoms with Crippen LogP contribution >= 0.6 is 12.4 Å². The van der Waals surface area contributed by atoms with Crippen molar-refractivity contribution in [1.82, 2.24) is 20.4 Å². The lowest BCUT2D eigenvalue weighted by atomic mass is 9.92. The smallest absolute Gasteiger partial charge is 0.253 e. The Hall–Kier alpha value is -1.92. The lowest BCUT2D eigenvalue weighted by Gasteiger charge is -2.21. The third kappa shape index (κ3) is 3.73. The molecule has 1 N–H and O–H groups in total. The van der Waals surface area contributed by atoms with E-state index in [0.29, 0.717) is 17.3 Å². The molecule has 2 atom stereocenters. The molecule has 1 aromatic carbocycles. The number of rotatable bonds is 3. The van der Waals surface area contributed by atoms with E-state index in [1.807, 2.05) is 29.2 Å². The van der Waals surface area contributed by atoms with Gasteiger partial charge in [-0.15, -0.1) is 12.4 Å². The third-order valence-corrected chi connectivity index (χ3v) is 6.04. The number of aromatic nitrogens is 2. The number of hydrogen-bond acceptors (Lipinski definition) is 5. The Kier molecular flexibility index (Phi) is 5.19. The quantitative estimate of drug-likeness (QED) is 0.874. The molecule has 1 saturated carbocycles. The van der Waals surface area contributed by atoms with Crippen LogP contribution in [0.2, 0.25) is 0 Å². The molecule has 5 rings (SSSR count). The highest BCUT2D eigenvalue weighted by molar-refractivity contribution is 5.95. The summed E-state index contributed by atoms with van der Waals surface area (Å²) in [4.78, 5) is 19.5. The van der Waals surface area contributed by atoms with Crippen LogP contribution in [-0.2, 0) is 0 Å². The summed E-state index contributed by atoms with van der Waals surface area (Å²) in [5.41, 5.74) is 1.56. The highest BCUT2D eigenvalue weighted by Gasteiger charge is 2.32. The maximum atomic E-state index is 13.0. The summed E-state index contributed by atoms with van der Waals surface area (Å²) in [5, 5.41) is 7.58. The number of benzene rings is 1. The van der Waals surface area contributed by atoms with E-state index in [0.717, 1.165) is 75.2 Å². The van der Waals surface area contributed by atoms with Crippen LogP contribution in [0, 0.1) is 11.8 Å². The monoisotopic (exact) mass is 388 g/mol. The Morgan fingerprint density at radius 2 is 1.85 bits per heavy atom. The van der Waals surface area contributed by atoms with Gasteiger partial charge in [-0.2, -0.15) is 4.98 Å². The number of halogens is 1. The van der Waals surface area contributed by atoms with E-state index in [9.17, 15) is 4.79 Å². The van der Waals surface area contributed by atoms with Gasteiger partial charge in [-0.1, -0.05) is 17.3 Å². The van der Waals surface area contributed by atoms with Crippen molar-refractivity contribution in [3.63, 3.8) is 0 Å². The van der Waals surface area contributed by atoms with Crippen molar-refractivity contribution in [3.8, 4) is 11.4 Å². The molecule has 3 heterocycles. The minimum absolute atomic E-state index is 0. The molecule has 1 aliphatic carbocycles. The van der Waals surface area contributed by atoms with Crippen LogP contribution in [0.4, 0.5) is 0 Å². The first-order valence-corrected chi connectivity index (χ1v) is 9.72. The van der Waals surface area contributed by atoms with E-state index in [1.165, 1.54) is 0 Å². The minimum atomic E-state index is 0. The first-order valence-electron chi connectivity index (χ1n) is 9.72. The van der Waals surface area contributed by atoms with E-state index < -0.39 is 0 Å². The van der Waals surface area contributed by atoms with Crippen LogP contribution in [0.3, 0.4) is 0 Å². The number of nitrogens with zero attached hydrogens (tertiary/aromatic N) is 3. The van der Waals surface area contributed by atoms with Crippen molar-refractivity contribution < 1.29 is 9.32 Å². The lowest BCUT2D eigenvalue weighted by Crippen LogP contribution is -2.32. The maximum absolute atomic E-state index is 13.0. The van der Waals surface area contributed by atoms with Gasteiger partial charge in [-0.05, 0) is 62.7 Å². The van der Waals surface area contributed by atoms with Gasteiger partial charge in [0.25, 0.3) is 5.91 Å². The number of amides is 1. The van der Waals surface area contributed by atoms with Crippen LogP contribution in [0.5, 0.6) is 0 Å².